The van der Waals surface area contributed by atoms with Crippen LogP contribution in [0.1, 0.15) is 18.5 Å². The van der Waals surface area contributed by atoms with E-state index in [4.69, 9.17) is 18.0 Å². The molecule has 3 N–H and O–H groups in total. The molecule has 1 aromatic carbocycles. The molecule has 2 rings (SSSR count). The van der Waals surface area contributed by atoms with Gasteiger partial charge in [-0.1, -0.05) is 30.3 Å². The fourth-order valence-corrected chi connectivity index (χ4v) is 2.17. The molecular weight excluding hydrogens is 234 g/mol. The average Bonchev–Trinajstić information content (AvgIpc) is 2.28. The van der Waals surface area contributed by atoms with Crippen molar-refractivity contribution in [1.29, 1.82) is 0 Å². The lowest BCUT2D eigenvalue weighted by Crippen LogP contribution is -2.19. The van der Waals surface area contributed by atoms with E-state index in [-0.39, 0.29) is 11.6 Å². The summed E-state index contributed by atoms with van der Waals surface area (Å²) in [6.45, 7) is 1.99. The Morgan fingerprint density at radius 1 is 1.35 bits per heavy atom. The van der Waals surface area contributed by atoms with Gasteiger partial charge in [-0.3, -0.25) is 14.3 Å². The third-order valence-corrected chi connectivity index (χ3v) is 2.97. The molecule has 0 bridgehead atoms. The van der Waals surface area contributed by atoms with Gasteiger partial charge >= 0.3 is 0 Å². The first-order chi connectivity index (χ1) is 8.09. The minimum Gasteiger partial charge on any atom is -0.385 e. The summed E-state index contributed by atoms with van der Waals surface area (Å²) in [5.74, 6) is 0.370. The number of nitrogens with one attached hydrogen (secondary N) is 1. The number of benzene rings is 1. The summed E-state index contributed by atoms with van der Waals surface area (Å²) in [6, 6.07) is 11.2. The number of anilines is 1. The Hall–Kier alpha value is -1.88. The second-order valence-corrected chi connectivity index (χ2v) is 4.21. The van der Waals surface area contributed by atoms with Gasteiger partial charge in [0.15, 0.2) is 4.77 Å². The smallest absolute Gasteiger partial charge is 0.253 e. The SMILES string of the molecule is C[C@@H](c1ccccc1)n1c(N)cc(=O)[nH]c1=S. The predicted octanol–water partition coefficient (Wildman–Crippen LogP) is 2.10. The van der Waals surface area contributed by atoms with Crippen molar-refractivity contribution in [2.24, 2.45) is 0 Å². The van der Waals surface area contributed by atoms with Crippen LogP contribution in [0, 0.1) is 4.77 Å². The molecule has 0 aliphatic rings. The first-order valence-corrected chi connectivity index (χ1v) is 5.66. The maximum Gasteiger partial charge on any atom is 0.253 e. The molecule has 2 aromatic rings. The Bertz CT molecular complexity index is 630. The van der Waals surface area contributed by atoms with Crippen molar-refractivity contribution >= 4 is 18.0 Å². The third kappa shape index (κ3) is 2.29. The minimum absolute atomic E-state index is 0.0134. The molecule has 1 heterocycles. The van der Waals surface area contributed by atoms with Crippen LogP contribution in [0.2, 0.25) is 0 Å². The number of nitrogen functional groups attached to an aromatic ring is 1. The Morgan fingerprint density at radius 3 is 2.59 bits per heavy atom. The van der Waals surface area contributed by atoms with Crippen molar-refractivity contribution in [2.75, 3.05) is 5.73 Å². The van der Waals surface area contributed by atoms with E-state index in [2.05, 4.69) is 4.98 Å². The summed E-state index contributed by atoms with van der Waals surface area (Å²) in [4.78, 5) is 13.8. The maximum absolute atomic E-state index is 11.2. The molecule has 1 aromatic heterocycles. The van der Waals surface area contributed by atoms with Gasteiger partial charge in [0.1, 0.15) is 5.82 Å². The van der Waals surface area contributed by atoms with E-state index in [1.54, 1.807) is 4.57 Å². The van der Waals surface area contributed by atoms with Crippen molar-refractivity contribution in [2.45, 2.75) is 13.0 Å². The van der Waals surface area contributed by atoms with Crippen LogP contribution in [-0.2, 0) is 0 Å². The highest BCUT2D eigenvalue weighted by atomic mass is 32.1. The van der Waals surface area contributed by atoms with Crippen LogP contribution >= 0.6 is 12.2 Å². The van der Waals surface area contributed by atoms with Crippen molar-refractivity contribution < 1.29 is 0 Å². The lowest BCUT2D eigenvalue weighted by atomic mass is 10.1. The molecule has 0 saturated carbocycles. The Morgan fingerprint density at radius 2 is 2.00 bits per heavy atom. The van der Waals surface area contributed by atoms with Gasteiger partial charge in [-0.15, -0.1) is 0 Å². The van der Waals surface area contributed by atoms with Gasteiger partial charge in [0.05, 0.1) is 6.04 Å². The zero-order chi connectivity index (χ0) is 12.4. The molecule has 0 unspecified atom stereocenters. The van der Waals surface area contributed by atoms with E-state index in [1.807, 2.05) is 37.3 Å². The number of aromatic nitrogens is 2. The van der Waals surface area contributed by atoms with E-state index in [1.165, 1.54) is 6.07 Å². The lowest BCUT2D eigenvalue weighted by Gasteiger charge is -2.18. The Kier molecular flexibility index (Phi) is 3.10. The molecule has 5 heteroatoms. The molecule has 17 heavy (non-hydrogen) atoms. The van der Waals surface area contributed by atoms with Crippen LogP contribution in [0.15, 0.2) is 41.2 Å². The van der Waals surface area contributed by atoms with Gasteiger partial charge < -0.3 is 5.73 Å². The first-order valence-electron chi connectivity index (χ1n) is 5.26. The molecule has 0 amide bonds. The lowest BCUT2D eigenvalue weighted by molar-refractivity contribution is 0.619. The summed E-state index contributed by atoms with van der Waals surface area (Å²) in [5.41, 5.74) is 6.65. The zero-order valence-electron chi connectivity index (χ0n) is 9.38. The molecule has 0 spiro atoms. The van der Waals surface area contributed by atoms with Crippen LogP contribution < -0.4 is 11.3 Å². The molecule has 0 fully saturated rings. The number of aromatic amines is 1. The van der Waals surface area contributed by atoms with Crippen molar-refractivity contribution in [3.05, 3.63) is 57.1 Å². The van der Waals surface area contributed by atoms with Crippen LogP contribution in [0.4, 0.5) is 5.82 Å². The highest BCUT2D eigenvalue weighted by molar-refractivity contribution is 7.71. The summed E-state index contributed by atoms with van der Waals surface area (Å²) in [5, 5.41) is 0. The number of hydrogen-bond acceptors (Lipinski definition) is 3. The van der Waals surface area contributed by atoms with E-state index in [0.29, 0.717) is 10.6 Å². The third-order valence-electron chi connectivity index (χ3n) is 2.68. The van der Waals surface area contributed by atoms with Gasteiger partial charge in [-0.2, -0.15) is 0 Å². The predicted molar refractivity (Wildman–Crippen MR) is 70.6 cm³/mol. The fraction of sp³-hybridized carbons (Fsp3) is 0.167. The van der Waals surface area contributed by atoms with Gasteiger partial charge in [0, 0.05) is 6.07 Å². The summed E-state index contributed by atoms with van der Waals surface area (Å²) in [7, 11) is 0. The zero-order valence-corrected chi connectivity index (χ0v) is 10.2. The monoisotopic (exact) mass is 247 g/mol. The Balaban J connectivity index is 2.56. The van der Waals surface area contributed by atoms with Crippen LogP contribution in [0.5, 0.6) is 0 Å². The molecule has 0 aliphatic carbocycles. The standard InChI is InChI=1S/C12H13N3OS/c1-8(9-5-3-2-4-6-9)15-10(13)7-11(16)14-12(15)17/h2-8H,13H2,1H3,(H,14,16,17)/t8-/m0/s1. The minimum atomic E-state index is -0.274. The van der Waals surface area contributed by atoms with Crippen LogP contribution in [-0.4, -0.2) is 9.55 Å². The second kappa shape index (κ2) is 4.55. The number of hydrogen-bond donors (Lipinski definition) is 2. The van der Waals surface area contributed by atoms with Crippen molar-refractivity contribution in [3.8, 4) is 0 Å². The first kappa shape index (κ1) is 11.6. The summed E-state index contributed by atoms with van der Waals surface area (Å²) >= 11 is 5.13. The topological polar surface area (TPSA) is 63.8 Å². The van der Waals surface area contributed by atoms with Crippen molar-refractivity contribution in [1.82, 2.24) is 9.55 Å². The van der Waals surface area contributed by atoms with E-state index < -0.39 is 0 Å². The highest BCUT2D eigenvalue weighted by Crippen LogP contribution is 2.19. The fourth-order valence-electron chi connectivity index (χ4n) is 1.80. The number of nitrogens with zero attached hydrogens (tertiary/aromatic N) is 1. The number of nitrogens with two attached hydrogens (primary N) is 1. The molecule has 0 radical (unpaired) electrons. The number of H-pyrrole nitrogens is 1. The van der Waals surface area contributed by atoms with Gasteiger partial charge in [-0.25, -0.2) is 0 Å². The van der Waals surface area contributed by atoms with E-state index >= 15 is 0 Å². The largest absolute Gasteiger partial charge is 0.385 e. The quantitative estimate of drug-likeness (QED) is 0.799. The molecule has 88 valence electrons. The molecule has 4 nitrogen and oxygen atoms in total. The number of rotatable bonds is 2. The van der Waals surface area contributed by atoms with Gasteiger partial charge in [0.25, 0.3) is 5.56 Å². The Labute approximate surface area is 104 Å². The van der Waals surface area contributed by atoms with Gasteiger partial charge in [-0.05, 0) is 24.7 Å². The molecule has 0 aliphatic heterocycles. The van der Waals surface area contributed by atoms with E-state index in [0.717, 1.165) is 5.56 Å². The van der Waals surface area contributed by atoms with Crippen LogP contribution in [0.3, 0.4) is 0 Å². The maximum atomic E-state index is 11.2. The summed E-state index contributed by atoms with van der Waals surface area (Å²) < 4.78 is 2.07. The highest BCUT2D eigenvalue weighted by Gasteiger charge is 2.10. The van der Waals surface area contributed by atoms with Crippen molar-refractivity contribution in [3.63, 3.8) is 0 Å². The van der Waals surface area contributed by atoms with E-state index in [9.17, 15) is 4.79 Å². The summed E-state index contributed by atoms with van der Waals surface area (Å²) in [6.07, 6.45) is 0. The normalized spacial score (nSPS) is 12.3. The average molecular weight is 247 g/mol. The molecular formula is C12H13N3OS. The second-order valence-electron chi connectivity index (χ2n) is 3.82. The van der Waals surface area contributed by atoms with Gasteiger partial charge in [0.2, 0.25) is 0 Å². The van der Waals surface area contributed by atoms with Crippen LogP contribution in [0.25, 0.3) is 0 Å². The molecule has 0 saturated heterocycles. The molecule has 1 atom stereocenters.